The van der Waals surface area contributed by atoms with Crippen molar-refractivity contribution in [1.29, 1.82) is 0 Å². The molecule has 0 aliphatic heterocycles. The van der Waals surface area contributed by atoms with Crippen LogP contribution in [0.5, 0.6) is 0 Å². The molecule has 0 saturated heterocycles. The minimum atomic E-state index is 0.848. The van der Waals surface area contributed by atoms with E-state index in [1.807, 2.05) is 18.2 Å². The van der Waals surface area contributed by atoms with E-state index in [9.17, 15) is 0 Å². The van der Waals surface area contributed by atoms with Gasteiger partial charge in [-0.2, -0.15) is 0 Å². The van der Waals surface area contributed by atoms with E-state index in [2.05, 4.69) is 175 Å². The smallest absolute Gasteiger partial charge is 0.160 e. The summed E-state index contributed by atoms with van der Waals surface area (Å²) in [7, 11) is 0. The molecule has 2 aromatic heterocycles. The van der Waals surface area contributed by atoms with E-state index in [0.29, 0.717) is 0 Å². The van der Waals surface area contributed by atoms with Crippen molar-refractivity contribution in [3.63, 3.8) is 0 Å². The van der Waals surface area contributed by atoms with Crippen LogP contribution in [0.25, 0.3) is 87.7 Å². The van der Waals surface area contributed by atoms with Crippen LogP contribution >= 0.6 is 0 Å². The third kappa shape index (κ3) is 4.61. The maximum absolute atomic E-state index is 6.89. The molecule has 0 bridgehead atoms. The van der Waals surface area contributed by atoms with Gasteiger partial charge in [-0.1, -0.05) is 152 Å². The molecule has 3 nitrogen and oxygen atoms in total. The Morgan fingerprint density at radius 2 is 0.943 bits per heavy atom. The highest BCUT2D eigenvalue weighted by molar-refractivity contribution is 6.19. The van der Waals surface area contributed by atoms with Crippen molar-refractivity contribution in [3.05, 3.63) is 188 Å². The topological polar surface area (TPSA) is 29.5 Å². The van der Waals surface area contributed by atoms with Gasteiger partial charge in [0, 0.05) is 38.2 Å². The van der Waals surface area contributed by atoms with Gasteiger partial charge in [0.25, 0.3) is 0 Å². The van der Waals surface area contributed by atoms with Gasteiger partial charge in [-0.05, 0) is 69.2 Å². The summed E-state index contributed by atoms with van der Waals surface area (Å²) in [5.41, 5.74) is 11.1. The molecule has 9 aromatic carbocycles. The van der Waals surface area contributed by atoms with Gasteiger partial charge in [-0.25, -0.2) is 0 Å². The van der Waals surface area contributed by atoms with Crippen molar-refractivity contribution in [2.45, 2.75) is 0 Å². The summed E-state index contributed by atoms with van der Waals surface area (Å²) in [6.45, 7) is 0. The first-order valence-electron chi connectivity index (χ1n) is 18.0. The Bertz CT molecular complexity index is 3170. The number of fused-ring (bicyclic) bond motifs is 9. The number of hydrogen-bond donors (Lipinski definition) is 0. The molecule has 11 aromatic rings. The normalized spacial score (nSPS) is 11.8. The third-order valence-electron chi connectivity index (χ3n) is 10.7. The van der Waals surface area contributed by atoms with Gasteiger partial charge >= 0.3 is 0 Å². The number of benzene rings is 9. The van der Waals surface area contributed by atoms with E-state index in [4.69, 9.17) is 8.83 Å². The van der Waals surface area contributed by atoms with E-state index in [-0.39, 0.29) is 0 Å². The van der Waals surface area contributed by atoms with Crippen LogP contribution in [0.2, 0.25) is 0 Å². The monoisotopic (exact) mass is 677 g/mol. The van der Waals surface area contributed by atoms with Crippen LogP contribution in [-0.4, -0.2) is 0 Å². The van der Waals surface area contributed by atoms with Gasteiger partial charge in [-0.15, -0.1) is 0 Å². The Kier molecular flexibility index (Phi) is 6.55. The van der Waals surface area contributed by atoms with Gasteiger partial charge in [0.05, 0.1) is 11.4 Å². The predicted molar refractivity (Wildman–Crippen MR) is 222 cm³/mol. The second kappa shape index (κ2) is 11.7. The number of rotatable bonds is 5. The molecule has 0 radical (unpaired) electrons. The molecule has 3 heteroatoms. The molecule has 0 spiro atoms. The second-order valence-electron chi connectivity index (χ2n) is 13.6. The molecule has 0 fully saturated rings. The van der Waals surface area contributed by atoms with Crippen molar-refractivity contribution in [1.82, 2.24) is 0 Å². The molecule has 0 saturated carbocycles. The van der Waals surface area contributed by atoms with E-state index in [1.54, 1.807) is 0 Å². The summed E-state index contributed by atoms with van der Waals surface area (Å²) < 4.78 is 13.3. The molecule has 0 aliphatic carbocycles. The fourth-order valence-corrected chi connectivity index (χ4v) is 8.24. The lowest BCUT2D eigenvalue weighted by atomic mass is 9.96. The van der Waals surface area contributed by atoms with Crippen molar-refractivity contribution in [2.75, 3.05) is 4.90 Å². The third-order valence-corrected chi connectivity index (χ3v) is 10.7. The van der Waals surface area contributed by atoms with Crippen LogP contribution in [0.15, 0.2) is 197 Å². The summed E-state index contributed by atoms with van der Waals surface area (Å²) >= 11 is 0. The molecule has 0 atom stereocenters. The molecular weight excluding hydrogens is 647 g/mol. The van der Waals surface area contributed by atoms with E-state index >= 15 is 0 Å². The Hall–Kier alpha value is -7.10. The molecule has 53 heavy (non-hydrogen) atoms. The summed E-state index contributed by atoms with van der Waals surface area (Å²) in [4.78, 5) is 2.37. The van der Waals surface area contributed by atoms with Crippen LogP contribution in [0.1, 0.15) is 0 Å². The molecular formula is C50H31NO2. The zero-order valence-corrected chi connectivity index (χ0v) is 28.7. The highest BCUT2D eigenvalue weighted by Gasteiger charge is 2.24. The average molecular weight is 678 g/mol. The van der Waals surface area contributed by atoms with E-state index in [0.717, 1.165) is 83.2 Å². The zero-order chi connectivity index (χ0) is 34.9. The van der Waals surface area contributed by atoms with Gasteiger partial charge in [0.2, 0.25) is 0 Å². The first kappa shape index (κ1) is 29.6. The largest absolute Gasteiger partial charge is 0.455 e. The van der Waals surface area contributed by atoms with E-state index in [1.165, 1.54) is 21.5 Å². The SMILES string of the molecule is c1ccc(-c2ccc(N(c3ccc(-c4cccc5c4oc4ccccc45)cc3)c3cc4ccccc4c4ccccc34)c3oc4ccccc4c23)cc1. The summed E-state index contributed by atoms with van der Waals surface area (Å²) in [5.74, 6) is 0. The van der Waals surface area contributed by atoms with Gasteiger partial charge < -0.3 is 13.7 Å². The second-order valence-corrected chi connectivity index (χ2v) is 13.6. The van der Waals surface area contributed by atoms with Crippen molar-refractivity contribution >= 4 is 82.5 Å². The number of para-hydroxylation sites is 3. The fourth-order valence-electron chi connectivity index (χ4n) is 8.24. The van der Waals surface area contributed by atoms with Gasteiger partial charge in [0.1, 0.15) is 16.7 Å². The Morgan fingerprint density at radius 3 is 1.75 bits per heavy atom. The molecule has 0 unspecified atom stereocenters. The van der Waals surface area contributed by atoms with Crippen LogP contribution in [0.3, 0.4) is 0 Å². The highest BCUT2D eigenvalue weighted by atomic mass is 16.3. The molecule has 0 N–H and O–H groups in total. The number of furan rings is 2. The Balaban J connectivity index is 1.18. The standard InChI is InChI=1S/C50H31NO2/c1-2-13-32(14-3-1)37-29-30-44(50-48(37)43-20-9-11-24-47(43)53-50)51(45-31-34-15-4-5-16-36(34)39-17-6-7-18-40(39)45)35-27-25-33(26-28-35)38-21-12-22-42-41-19-8-10-23-46(41)52-49(38)42/h1-31H. The van der Waals surface area contributed by atoms with Gasteiger partial charge in [-0.3, -0.25) is 0 Å². The fraction of sp³-hybridized carbons (Fsp3) is 0. The summed E-state index contributed by atoms with van der Waals surface area (Å²) in [5, 5.41) is 9.24. The zero-order valence-electron chi connectivity index (χ0n) is 28.7. The van der Waals surface area contributed by atoms with Crippen LogP contribution in [0, 0.1) is 0 Å². The Labute approximate surface area is 305 Å². The average Bonchev–Trinajstić information content (AvgIpc) is 3.81. The van der Waals surface area contributed by atoms with Crippen LogP contribution in [-0.2, 0) is 0 Å². The number of anilines is 3. The lowest BCUT2D eigenvalue weighted by Gasteiger charge is -2.28. The van der Waals surface area contributed by atoms with E-state index < -0.39 is 0 Å². The molecule has 248 valence electrons. The lowest BCUT2D eigenvalue weighted by molar-refractivity contribution is 0.669. The maximum Gasteiger partial charge on any atom is 0.160 e. The minimum Gasteiger partial charge on any atom is -0.455 e. The van der Waals surface area contributed by atoms with Gasteiger partial charge in [0.15, 0.2) is 5.58 Å². The predicted octanol–water partition coefficient (Wildman–Crippen LogP) is 14.6. The molecule has 0 amide bonds. The van der Waals surface area contributed by atoms with Crippen molar-refractivity contribution < 1.29 is 8.83 Å². The molecule has 11 rings (SSSR count). The molecule has 0 aliphatic rings. The number of hydrogen-bond acceptors (Lipinski definition) is 3. The van der Waals surface area contributed by atoms with Crippen LogP contribution < -0.4 is 4.90 Å². The number of nitrogens with zero attached hydrogens (tertiary/aromatic N) is 1. The van der Waals surface area contributed by atoms with Crippen molar-refractivity contribution in [2.24, 2.45) is 0 Å². The molecule has 2 heterocycles. The summed E-state index contributed by atoms with van der Waals surface area (Å²) in [6, 6.07) is 66.7. The lowest BCUT2D eigenvalue weighted by Crippen LogP contribution is -2.11. The Morgan fingerprint density at radius 1 is 0.340 bits per heavy atom. The first-order chi connectivity index (χ1) is 26.3. The quantitative estimate of drug-likeness (QED) is 0.170. The van der Waals surface area contributed by atoms with Crippen LogP contribution in [0.4, 0.5) is 17.1 Å². The summed E-state index contributed by atoms with van der Waals surface area (Å²) in [6.07, 6.45) is 0. The minimum absolute atomic E-state index is 0.848. The van der Waals surface area contributed by atoms with Crippen molar-refractivity contribution in [3.8, 4) is 22.3 Å². The highest BCUT2D eigenvalue weighted by Crippen LogP contribution is 2.48. The maximum atomic E-state index is 6.89. The first-order valence-corrected chi connectivity index (χ1v) is 18.0.